The summed E-state index contributed by atoms with van der Waals surface area (Å²) in [7, 11) is 0. The van der Waals surface area contributed by atoms with Crippen molar-refractivity contribution in [2.24, 2.45) is 0 Å². The summed E-state index contributed by atoms with van der Waals surface area (Å²) >= 11 is 0. The Kier molecular flexibility index (Phi) is 71.4. The molecule has 0 saturated carbocycles. The van der Waals surface area contributed by atoms with E-state index in [0.717, 1.165) is 51.4 Å². The molecular formula is C78H147NO5. The molecule has 6 nitrogen and oxygen atoms in total. The molecule has 0 fully saturated rings. The molecule has 6 heteroatoms. The van der Waals surface area contributed by atoms with Crippen molar-refractivity contribution in [3.05, 3.63) is 48.6 Å². The van der Waals surface area contributed by atoms with E-state index in [1.807, 2.05) is 6.08 Å². The van der Waals surface area contributed by atoms with Gasteiger partial charge in [0, 0.05) is 12.8 Å². The first-order valence-electron chi connectivity index (χ1n) is 37.9. The Morgan fingerprint density at radius 2 is 0.595 bits per heavy atom. The second-order valence-electron chi connectivity index (χ2n) is 26.0. The van der Waals surface area contributed by atoms with Gasteiger partial charge in [-0.1, -0.05) is 358 Å². The van der Waals surface area contributed by atoms with Gasteiger partial charge in [-0.3, -0.25) is 9.59 Å². The molecule has 0 heterocycles. The lowest BCUT2D eigenvalue weighted by molar-refractivity contribution is -0.143. The third-order valence-electron chi connectivity index (χ3n) is 17.6. The van der Waals surface area contributed by atoms with Crippen molar-refractivity contribution in [3.63, 3.8) is 0 Å². The monoisotopic (exact) mass is 1180 g/mol. The lowest BCUT2D eigenvalue weighted by atomic mass is 10.0. The van der Waals surface area contributed by atoms with Gasteiger partial charge in [-0.25, -0.2) is 0 Å². The number of ether oxygens (including phenoxy) is 1. The number of carbonyl (C=O) groups excluding carboxylic acids is 2. The van der Waals surface area contributed by atoms with E-state index in [1.54, 1.807) is 6.08 Å². The minimum Gasteiger partial charge on any atom is -0.466 e. The fraction of sp³-hybridized carbons (Fsp3) is 0.872. The SMILES string of the molecule is CCCCCC/C=C\C/C=C\CCCCCCCCCC(=O)OCCCCCCCCCCCCCC/C=C\CCCCCCCCCCCC(=O)NC(CO)C(O)/C=C/CCCCCCCCCCCCCCCCCCCCCCCC. The first-order valence-corrected chi connectivity index (χ1v) is 37.9. The minimum absolute atomic E-state index is 0.00619. The Bertz CT molecular complexity index is 1400. The number of hydrogen-bond donors (Lipinski definition) is 3. The van der Waals surface area contributed by atoms with E-state index < -0.39 is 12.1 Å². The number of allylic oxidation sites excluding steroid dienone is 7. The van der Waals surface area contributed by atoms with Crippen LogP contribution in [0.2, 0.25) is 0 Å². The van der Waals surface area contributed by atoms with Crippen molar-refractivity contribution in [1.82, 2.24) is 5.32 Å². The first-order chi connectivity index (χ1) is 41.5. The molecule has 0 aliphatic heterocycles. The number of hydrogen-bond acceptors (Lipinski definition) is 5. The van der Waals surface area contributed by atoms with Gasteiger partial charge in [0.25, 0.3) is 0 Å². The van der Waals surface area contributed by atoms with E-state index in [1.165, 1.54) is 334 Å². The number of esters is 1. The third-order valence-corrected chi connectivity index (χ3v) is 17.6. The van der Waals surface area contributed by atoms with Crippen LogP contribution in [0.4, 0.5) is 0 Å². The van der Waals surface area contributed by atoms with Gasteiger partial charge >= 0.3 is 5.97 Å². The van der Waals surface area contributed by atoms with Crippen molar-refractivity contribution in [3.8, 4) is 0 Å². The Labute approximate surface area is 525 Å². The average molecular weight is 1180 g/mol. The zero-order valence-electron chi connectivity index (χ0n) is 56.6. The molecule has 0 aromatic rings. The Morgan fingerprint density at radius 1 is 0.333 bits per heavy atom. The predicted molar refractivity (Wildman–Crippen MR) is 370 cm³/mol. The highest BCUT2D eigenvalue weighted by Crippen LogP contribution is 2.19. The molecular weight excluding hydrogens is 1030 g/mol. The summed E-state index contributed by atoms with van der Waals surface area (Å²) in [5.41, 5.74) is 0. The smallest absolute Gasteiger partial charge is 0.305 e. The normalized spacial score (nSPS) is 12.8. The third kappa shape index (κ3) is 68.9. The second kappa shape index (κ2) is 73.3. The van der Waals surface area contributed by atoms with Crippen LogP contribution in [-0.2, 0) is 14.3 Å². The van der Waals surface area contributed by atoms with Gasteiger partial charge in [0.15, 0.2) is 0 Å². The highest BCUT2D eigenvalue weighted by Gasteiger charge is 2.18. The molecule has 2 atom stereocenters. The quantitative estimate of drug-likeness (QED) is 0.0320. The molecule has 0 aromatic carbocycles. The molecule has 0 spiro atoms. The summed E-state index contributed by atoms with van der Waals surface area (Å²) < 4.78 is 5.50. The number of unbranched alkanes of at least 4 members (excludes halogenated alkanes) is 54. The number of amides is 1. The lowest BCUT2D eigenvalue weighted by Crippen LogP contribution is -2.45. The summed E-state index contributed by atoms with van der Waals surface area (Å²) in [6.45, 7) is 4.92. The molecule has 0 radical (unpaired) electrons. The molecule has 494 valence electrons. The van der Waals surface area contributed by atoms with E-state index in [2.05, 4.69) is 55.6 Å². The molecule has 0 bridgehead atoms. The predicted octanol–water partition coefficient (Wildman–Crippen LogP) is 24.8. The first kappa shape index (κ1) is 81.8. The highest BCUT2D eigenvalue weighted by atomic mass is 16.5. The van der Waals surface area contributed by atoms with Crippen molar-refractivity contribution < 1.29 is 24.5 Å². The number of aliphatic hydroxyl groups is 2. The number of carbonyl (C=O) groups is 2. The Morgan fingerprint density at radius 3 is 0.929 bits per heavy atom. The van der Waals surface area contributed by atoms with Gasteiger partial charge in [-0.05, 0) is 89.9 Å². The topological polar surface area (TPSA) is 95.9 Å². The summed E-state index contributed by atoms with van der Waals surface area (Å²) in [6, 6.07) is -0.633. The second-order valence-corrected chi connectivity index (χ2v) is 26.0. The maximum atomic E-state index is 12.5. The number of aliphatic hydroxyl groups excluding tert-OH is 2. The van der Waals surface area contributed by atoms with Crippen molar-refractivity contribution >= 4 is 11.9 Å². The molecule has 0 saturated heterocycles. The van der Waals surface area contributed by atoms with E-state index in [4.69, 9.17) is 4.74 Å². The molecule has 1 amide bonds. The maximum absolute atomic E-state index is 12.5. The van der Waals surface area contributed by atoms with Crippen LogP contribution in [0.1, 0.15) is 412 Å². The largest absolute Gasteiger partial charge is 0.466 e. The number of rotatable bonds is 71. The van der Waals surface area contributed by atoms with Gasteiger partial charge in [-0.2, -0.15) is 0 Å². The van der Waals surface area contributed by atoms with Crippen LogP contribution in [0.5, 0.6) is 0 Å². The molecule has 3 N–H and O–H groups in total. The highest BCUT2D eigenvalue weighted by molar-refractivity contribution is 5.76. The standard InChI is InChI=1S/C78H147NO5/c1-3-5-7-9-11-13-15-17-19-21-23-24-25-29-32-35-38-42-46-50-54-58-62-66-70-76(81)75(74-80)79-77(82)71-67-63-59-55-51-47-43-39-36-33-30-27-26-28-31-34-37-41-45-49-53-57-61-65-69-73-84-78(83)72-68-64-60-56-52-48-44-40-22-20-18-16-14-12-10-8-6-4-2/h14,16,20,22,27,30,66,70,75-76,80-81H,3-13,15,17-19,21,23-26,28-29,31-65,67-69,71-74H2,1-2H3,(H,79,82)/b16-14-,22-20-,30-27-,70-66+. The number of nitrogens with one attached hydrogen (secondary N) is 1. The zero-order chi connectivity index (χ0) is 60.6. The van der Waals surface area contributed by atoms with Crippen molar-refractivity contribution in [1.29, 1.82) is 0 Å². The molecule has 2 unspecified atom stereocenters. The average Bonchev–Trinajstić information content (AvgIpc) is 3.53. The fourth-order valence-corrected chi connectivity index (χ4v) is 11.8. The molecule has 0 aliphatic carbocycles. The van der Waals surface area contributed by atoms with Crippen LogP contribution in [0, 0.1) is 0 Å². The van der Waals surface area contributed by atoms with Crippen molar-refractivity contribution in [2.45, 2.75) is 424 Å². The Balaban J connectivity index is 3.42. The van der Waals surface area contributed by atoms with Crippen LogP contribution in [0.15, 0.2) is 48.6 Å². The lowest BCUT2D eigenvalue weighted by Gasteiger charge is -2.20. The molecule has 0 rings (SSSR count). The van der Waals surface area contributed by atoms with Crippen LogP contribution in [-0.4, -0.2) is 47.4 Å². The summed E-state index contributed by atoms with van der Waals surface area (Å²) in [5, 5.41) is 23.3. The maximum Gasteiger partial charge on any atom is 0.305 e. The van der Waals surface area contributed by atoms with Gasteiger partial charge < -0.3 is 20.3 Å². The van der Waals surface area contributed by atoms with E-state index in [9.17, 15) is 19.8 Å². The van der Waals surface area contributed by atoms with Crippen LogP contribution in [0.3, 0.4) is 0 Å². The van der Waals surface area contributed by atoms with Gasteiger partial charge in [-0.15, -0.1) is 0 Å². The van der Waals surface area contributed by atoms with Crippen LogP contribution >= 0.6 is 0 Å². The molecule has 0 aromatic heterocycles. The van der Waals surface area contributed by atoms with Gasteiger partial charge in [0.1, 0.15) is 0 Å². The van der Waals surface area contributed by atoms with Crippen LogP contribution in [0.25, 0.3) is 0 Å². The molecule has 0 aliphatic rings. The van der Waals surface area contributed by atoms with E-state index in [-0.39, 0.29) is 18.5 Å². The molecule has 84 heavy (non-hydrogen) atoms. The van der Waals surface area contributed by atoms with E-state index >= 15 is 0 Å². The van der Waals surface area contributed by atoms with E-state index in [0.29, 0.717) is 19.4 Å². The summed E-state index contributed by atoms with van der Waals surface area (Å²) in [5.74, 6) is -0.0610. The minimum atomic E-state index is -0.849. The Hall–Kier alpha value is -2.18. The fourth-order valence-electron chi connectivity index (χ4n) is 11.8. The van der Waals surface area contributed by atoms with Crippen LogP contribution < -0.4 is 5.32 Å². The van der Waals surface area contributed by atoms with Crippen molar-refractivity contribution in [2.75, 3.05) is 13.2 Å². The zero-order valence-corrected chi connectivity index (χ0v) is 56.6. The van der Waals surface area contributed by atoms with Gasteiger partial charge in [0.2, 0.25) is 5.91 Å². The summed E-state index contributed by atoms with van der Waals surface area (Å²) in [6.07, 6.45) is 96.3. The summed E-state index contributed by atoms with van der Waals surface area (Å²) in [4.78, 5) is 24.7. The van der Waals surface area contributed by atoms with Gasteiger partial charge in [0.05, 0.1) is 25.4 Å².